The molecule has 9 nitrogen and oxygen atoms in total. The molecule has 2 aliphatic heterocycles. The highest BCUT2D eigenvalue weighted by Gasteiger charge is 2.37. The van der Waals surface area contributed by atoms with Crippen molar-refractivity contribution in [2.45, 2.75) is 57.0 Å². The van der Waals surface area contributed by atoms with Crippen molar-refractivity contribution in [1.82, 2.24) is 20.2 Å². The van der Waals surface area contributed by atoms with Crippen molar-refractivity contribution in [3.63, 3.8) is 0 Å². The van der Waals surface area contributed by atoms with Gasteiger partial charge < -0.3 is 25.4 Å². The van der Waals surface area contributed by atoms with Crippen LogP contribution in [0.2, 0.25) is 5.02 Å². The molecule has 6 rings (SSSR count). The number of nitrogens with zero attached hydrogens (tertiary/aromatic N) is 3. The van der Waals surface area contributed by atoms with E-state index >= 15 is 0 Å². The Morgan fingerprint density at radius 1 is 1.18 bits per heavy atom. The van der Waals surface area contributed by atoms with Crippen LogP contribution < -0.4 is 10.6 Å². The first-order valence-corrected chi connectivity index (χ1v) is 13.6. The molecule has 202 valence electrons. The van der Waals surface area contributed by atoms with Gasteiger partial charge in [-0.1, -0.05) is 48.0 Å². The van der Waals surface area contributed by atoms with Crippen molar-refractivity contribution >= 4 is 29.4 Å². The Labute approximate surface area is 231 Å². The number of hydrogen-bond acceptors (Lipinski definition) is 7. The van der Waals surface area contributed by atoms with Crippen molar-refractivity contribution in [1.29, 1.82) is 0 Å². The summed E-state index contributed by atoms with van der Waals surface area (Å²) in [5.41, 5.74) is 4.53. The van der Waals surface area contributed by atoms with Crippen molar-refractivity contribution in [3.8, 4) is 11.3 Å². The molecular weight excluding hydrogens is 518 g/mol. The van der Waals surface area contributed by atoms with Crippen LogP contribution in [-0.2, 0) is 22.5 Å². The minimum atomic E-state index is -0.716. The lowest BCUT2D eigenvalue weighted by Crippen LogP contribution is -2.47. The average Bonchev–Trinajstić information content (AvgIpc) is 3.45. The van der Waals surface area contributed by atoms with Gasteiger partial charge in [-0.15, -0.1) is 0 Å². The predicted molar refractivity (Wildman–Crippen MR) is 146 cm³/mol. The summed E-state index contributed by atoms with van der Waals surface area (Å²) in [5.74, 6) is -0.0527. The van der Waals surface area contributed by atoms with Gasteiger partial charge >= 0.3 is 0 Å². The van der Waals surface area contributed by atoms with Gasteiger partial charge in [-0.3, -0.25) is 9.59 Å². The second-order valence-electron chi connectivity index (χ2n) is 10.4. The zero-order valence-corrected chi connectivity index (χ0v) is 22.3. The zero-order chi connectivity index (χ0) is 27.1. The number of aliphatic hydroxyl groups is 1. The second-order valence-corrected chi connectivity index (χ2v) is 10.8. The molecule has 0 saturated carbocycles. The third-order valence-corrected chi connectivity index (χ3v) is 8.14. The Kier molecular flexibility index (Phi) is 6.97. The topological polar surface area (TPSA) is 117 Å². The van der Waals surface area contributed by atoms with E-state index in [2.05, 4.69) is 20.6 Å². The number of ether oxygens (including phenoxy) is 1. The first-order valence-electron chi connectivity index (χ1n) is 13.3. The normalized spacial score (nSPS) is 21.4. The van der Waals surface area contributed by atoms with Gasteiger partial charge in [0, 0.05) is 43.3 Å². The molecule has 3 aliphatic rings. The van der Waals surface area contributed by atoms with Gasteiger partial charge in [0.2, 0.25) is 11.9 Å². The number of carbonyl (C=O) groups is 2. The summed E-state index contributed by atoms with van der Waals surface area (Å²) in [6.45, 7) is 3.43. The molecule has 1 saturated heterocycles. The fourth-order valence-corrected chi connectivity index (χ4v) is 5.81. The van der Waals surface area contributed by atoms with Crippen LogP contribution in [0.1, 0.15) is 52.9 Å². The Balaban J connectivity index is 1.18. The molecule has 3 atom stereocenters. The first-order chi connectivity index (χ1) is 18.9. The van der Waals surface area contributed by atoms with E-state index in [9.17, 15) is 14.7 Å². The third-order valence-electron chi connectivity index (χ3n) is 7.86. The summed E-state index contributed by atoms with van der Waals surface area (Å²) in [6, 6.07) is 12.3. The van der Waals surface area contributed by atoms with Gasteiger partial charge in [0.1, 0.15) is 6.04 Å². The van der Waals surface area contributed by atoms with Crippen LogP contribution in [0.5, 0.6) is 0 Å². The van der Waals surface area contributed by atoms with Gasteiger partial charge in [-0.2, -0.15) is 0 Å². The zero-order valence-electron chi connectivity index (χ0n) is 21.6. The van der Waals surface area contributed by atoms with E-state index < -0.39 is 18.2 Å². The van der Waals surface area contributed by atoms with E-state index in [1.54, 1.807) is 24.1 Å². The third kappa shape index (κ3) is 4.97. The summed E-state index contributed by atoms with van der Waals surface area (Å²) in [4.78, 5) is 37.2. The Hall–Kier alpha value is -3.53. The van der Waals surface area contributed by atoms with Crippen molar-refractivity contribution < 1.29 is 19.4 Å². The summed E-state index contributed by atoms with van der Waals surface area (Å²) in [5, 5.41) is 17.2. The Morgan fingerprint density at radius 3 is 2.79 bits per heavy atom. The fraction of sp³-hybridized carbons (Fsp3) is 0.379. The summed E-state index contributed by atoms with van der Waals surface area (Å²) in [7, 11) is 0. The molecular formula is C29H30ClN5O4. The van der Waals surface area contributed by atoms with Crippen LogP contribution in [0, 0.1) is 0 Å². The summed E-state index contributed by atoms with van der Waals surface area (Å²) < 4.78 is 5.42. The molecule has 1 unspecified atom stereocenters. The number of amides is 2. The van der Waals surface area contributed by atoms with E-state index in [0.717, 1.165) is 29.5 Å². The van der Waals surface area contributed by atoms with E-state index in [1.807, 2.05) is 36.4 Å². The maximum Gasteiger partial charge on any atom is 0.255 e. The van der Waals surface area contributed by atoms with E-state index in [0.29, 0.717) is 54.0 Å². The molecule has 0 bridgehead atoms. The maximum atomic E-state index is 13.4. The van der Waals surface area contributed by atoms with Crippen molar-refractivity contribution in [2.75, 3.05) is 18.5 Å². The van der Waals surface area contributed by atoms with Gasteiger partial charge in [0.15, 0.2) is 0 Å². The number of aliphatic hydroxyl groups excluding tert-OH is 1. The highest BCUT2D eigenvalue weighted by Crippen LogP contribution is 2.34. The monoisotopic (exact) mass is 547 g/mol. The van der Waals surface area contributed by atoms with Crippen LogP contribution in [0.4, 0.5) is 5.95 Å². The van der Waals surface area contributed by atoms with E-state index in [1.165, 1.54) is 0 Å². The molecule has 1 aromatic heterocycles. The number of halogens is 1. The number of benzene rings is 2. The first kappa shape index (κ1) is 25.7. The number of nitrogens with one attached hydrogen (secondary N) is 2. The quantitative estimate of drug-likeness (QED) is 0.432. The molecule has 3 heterocycles. The number of carbonyl (C=O) groups excluding carboxylic acids is 2. The molecule has 0 radical (unpaired) electrons. The van der Waals surface area contributed by atoms with Crippen molar-refractivity contribution in [3.05, 3.63) is 75.9 Å². The van der Waals surface area contributed by atoms with Crippen LogP contribution in [0.25, 0.3) is 11.3 Å². The SMILES string of the molecule is CC(C(=O)N[C@H]1c2ccccc2C[C@H]1O)N1Cc2ccc(-c3nc(NC4CCOCC4)ncc3Cl)cc2C1=O. The predicted octanol–water partition coefficient (Wildman–Crippen LogP) is 3.51. The molecule has 2 amide bonds. The lowest BCUT2D eigenvalue weighted by molar-refractivity contribution is -0.126. The number of hydrogen-bond donors (Lipinski definition) is 3. The molecule has 0 spiro atoms. The Bertz CT molecular complexity index is 1430. The molecule has 3 N–H and O–H groups in total. The Morgan fingerprint density at radius 2 is 1.97 bits per heavy atom. The maximum absolute atomic E-state index is 13.4. The minimum Gasteiger partial charge on any atom is -0.390 e. The average molecular weight is 548 g/mol. The van der Waals surface area contributed by atoms with E-state index in [-0.39, 0.29) is 17.9 Å². The molecule has 39 heavy (non-hydrogen) atoms. The molecule has 1 fully saturated rings. The lowest BCUT2D eigenvalue weighted by Gasteiger charge is -2.26. The lowest BCUT2D eigenvalue weighted by atomic mass is 10.0. The highest BCUT2D eigenvalue weighted by atomic mass is 35.5. The number of anilines is 1. The van der Waals surface area contributed by atoms with Crippen LogP contribution in [-0.4, -0.2) is 63.2 Å². The highest BCUT2D eigenvalue weighted by molar-refractivity contribution is 6.33. The smallest absolute Gasteiger partial charge is 0.255 e. The summed E-state index contributed by atoms with van der Waals surface area (Å²) in [6.07, 6.45) is 3.11. The molecule has 10 heteroatoms. The molecule has 3 aromatic rings. The molecule has 2 aromatic carbocycles. The van der Waals surface area contributed by atoms with Gasteiger partial charge in [0.05, 0.1) is 29.1 Å². The second kappa shape index (κ2) is 10.6. The van der Waals surface area contributed by atoms with Crippen LogP contribution >= 0.6 is 11.6 Å². The fourth-order valence-electron chi connectivity index (χ4n) is 5.61. The number of fused-ring (bicyclic) bond motifs is 2. The number of rotatable bonds is 6. The van der Waals surface area contributed by atoms with Crippen LogP contribution in [0.3, 0.4) is 0 Å². The van der Waals surface area contributed by atoms with Gasteiger partial charge in [-0.25, -0.2) is 9.97 Å². The van der Waals surface area contributed by atoms with Crippen LogP contribution in [0.15, 0.2) is 48.7 Å². The van der Waals surface area contributed by atoms with Gasteiger partial charge in [0.25, 0.3) is 5.91 Å². The standard InChI is InChI=1S/C29H30ClN5O4/c1-16(27(37)33-26-21-5-3-2-4-17(21)13-24(26)36)35-15-19-7-6-18(12-22(19)28(35)38)25-23(30)14-31-29(34-25)32-20-8-10-39-11-9-20/h2-7,12,14,16,20,24,26,36H,8-11,13,15H2,1H3,(H,33,37)(H,31,32,34)/t16?,24-,26+/m1/s1. The van der Waals surface area contributed by atoms with E-state index in [4.69, 9.17) is 16.3 Å². The largest absolute Gasteiger partial charge is 0.390 e. The summed E-state index contributed by atoms with van der Waals surface area (Å²) >= 11 is 6.47. The minimum absolute atomic E-state index is 0.229. The molecule has 1 aliphatic carbocycles. The van der Waals surface area contributed by atoms with Gasteiger partial charge in [-0.05, 0) is 42.5 Å². The van der Waals surface area contributed by atoms with Crippen molar-refractivity contribution in [2.24, 2.45) is 0 Å². The number of aromatic nitrogens is 2.